The maximum Gasteiger partial charge on any atom is 0.416 e. The highest BCUT2D eigenvalue weighted by molar-refractivity contribution is 5.49. The number of piperazine rings is 1. The molecule has 0 unspecified atom stereocenters. The Morgan fingerprint density at radius 3 is 2.17 bits per heavy atom. The second kappa shape index (κ2) is 8.79. The van der Waals surface area contributed by atoms with Crippen molar-refractivity contribution in [1.82, 2.24) is 4.90 Å². The zero-order valence-electron chi connectivity index (χ0n) is 16.5. The molecule has 0 aliphatic carbocycles. The van der Waals surface area contributed by atoms with Crippen LogP contribution in [0.3, 0.4) is 0 Å². The zero-order chi connectivity index (χ0) is 21.0. The summed E-state index contributed by atoms with van der Waals surface area (Å²) in [5.41, 5.74) is 1.18. The van der Waals surface area contributed by atoms with Gasteiger partial charge in [0.1, 0.15) is 11.5 Å². The van der Waals surface area contributed by atoms with Crippen molar-refractivity contribution in [2.24, 2.45) is 0 Å². The second-order valence-electron chi connectivity index (χ2n) is 7.37. The zero-order valence-corrected chi connectivity index (χ0v) is 16.5. The Labute approximate surface area is 174 Å². The number of ether oxygens (including phenoxy) is 1. The molecule has 3 aromatic carbocycles. The number of nitrogens with zero attached hydrogens (tertiary/aromatic N) is 2. The summed E-state index contributed by atoms with van der Waals surface area (Å²) < 4.78 is 44.8. The van der Waals surface area contributed by atoms with Crippen molar-refractivity contribution >= 4 is 5.69 Å². The van der Waals surface area contributed by atoms with Crippen molar-refractivity contribution in [2.45, 2.75) is 12.7 Å². The molecule has 4 rings (SSSR count). The minimum absolute atomic E-state index is 0.599. The van der Waals surface area contributed by atoms with E-state index in [1.807, 2.05) is 53.4 Å². The van der Waals surface area contributed by atoms with E-state index in [0.29, 0.717) is 18.8 Å². The monoisotopic (exact) mass is 412 g/mol. The minimum Gasteiger partial charge on any atom is -0.457 e. The van der Waals surface area contributed by atoms with Gasteiger partial charge in [-0.05, 0) is 48.0 Å². The minimum atomic E-state index is -4.31. The Balaban J connectivity index is 1.35. The summed E-state index contributed by atoms with van der Waals surface area (Å²) >= 11 is 0. The molecule has 3 nitrogen and oxygen atoms in total. The number of alkyl halides is 3. The third-order valence-corrected chi connectivity index (χ3v) is 5.19. The molecule has 0 atom stereocenters. The summed E-state index contributed by atoms with van der Waals surface area (Å²) in [5.74, 6) is 1.59. The largest absolute Gasteiger partial charge is 0.457 e. The van der Waals surface area contributed by atoms with Gasteiger partial charge in [0, 0.05) is 38.4 Å². The van der Waals surface area contributed by atoms with Crippen LogP contribution in [0.4, 0.5) is 18.9 Å². The first-order valence-electron chi connectivity index (χ1n) is 9.94. The molecule has 1 aliphatic heterocycles. The van der Waals surface area contributed by atoms with E-state index in [1.165, 1.54) is 12.1 Å². The second-order valence-corrected chi connectivity index (χ2v) is 7.37. The molecular formula is C24H23F3N2O. The molecule has 1 saturated heterocycles. The van der Waals surface area contributed by atoms with E-state index in [1.54, 1.807) is 6.07 Å². The van der Waals surface area contributed by atoms with Gasteiger partial charge in [-0.15, -0.1) is 0 Å². The van der Waals surface area contributed by atoms with Crippen LogP contribution in [0.2, 0.25) is 0 Å². The topological polar surface area (TPSA) is 15.7 Å². The lowest BCUT2D eigenvalue weighted by atomic mass is 10.1. The smallest absolute Gasteiger partial charge is 0.416 e. The lowest BCUT2D eigenvalue weighted by Crippen LogP contribution is -2.46. The van der Waals surface area contributed by atoms with Crippen molar-refractivity contribution in [3.8, 4) is 11.5 Å². The molecule has 0 bridgehead atoms. The number of hydrogen-bond acceptors (Lipinski definition) is 3. The first-order chi connectivity index (χ1) is 14.5. The first kappa shape index (κ1) is 20.3. The molecule has 3 aromatic rings. The Morgan fingerprint density at radius 1 is 0.733 bits per heavy atom. The molecule has 30 heavy (non-hydrogen) atoms. The van der Waals surface area contributed by atoms with Crippen molar-refractivity contribution in [1.29, 1.82) is 0 Å². The van der Waals surface area contributed by atoms with Crippen LogP contribution in [0.15, 0.2) is 78.9 Å². The SMILES string of the molecule is FC(F)(F)c1cccc(N2CCN(Cc3cccc(Oc4ccccc4)c3)CC2)c1. The van der Waals surface area contributed by atoms with Gasteiger partial charge < -0.3 is 9.64 Å². The summed E-state index contributed by atoms with van der Waals surface area (Å²) in [5, 5.41) is 0. The van der Waals surface area contributed by atoms with Crippen molar-refractivity contribution in [3.63, 3.8) is 0 Å². The Kier molecular flexibility index (Phi) is 5.95. The normalized spacial score (nSPS) is 15.2. The molecular weight excluding hydrogens is 389 g/mol. The molecule has 156 valence electrons. The fraction of sp³-hybridized carbons (Fsp3) is 0.250. The van der Waals surface area contributed by atoms with Crippen LogP contribution in [0.5, 0.6) is 11.5 Å². The van der Waals surface area contributed by atoms with Gasteiger partial charge in [-0.3, -0.25) is 4.90 Å². The Hall–Kier alpha value is -2.99. The number of para-hydroxylation sites is 1. The maximum absolute atomic E-state index is 13.0. The molecule has 0 saturated carbocycles. The number of benzene rings is 3. The van der Waals surface area contributed by atoms with E-state index in [4.69, 9.17) is 4.74 Å². The van der Waals surface area contributed by atoms with E-state index in [0.717, 1.165) is 42.8 Å². The van der Waals surface area contributed by atoms with Crippen LogP contribution in [-0.2, 0) is 12.7 Å². The van der Waals surface area contributed by atoms with Crippen molar-refractivity contribution in [3.05, 3.63) is 90.0 Å². The number of hydrogen-bond donors (Lipinski definition) is 0. The van der Waals surface area contributed by atoms with Gasteiger partial charge in [-0.1, -0.05) is 36.4 Å². The maximum atomic E-state index is 13.0. The average Bonchev–Trinajstić information content (AvgIpc) is 2.75. The molecule has 1 aliphatic rings. The van der Waals surface area contributed by atoms with Gasteiger partial charge in [0.15, 0.2) is 0 Å². The Bertz CT molecular complexity index is 967. The number of halogens is 3. The van der Waals surface area contributed by atoms with Gasteiger partial charge in [0.2, 0.25) is 0 Å². The molecule has 0 N–H and O–H groups in total. The van der Waals surface area contributed by atoms with Crippen LogP contribution in [0, 0.1) is 0 Å². The third kappa shape index (κ3) is 5.13. The van der Waals surface area contributed by atoms with E-state index in [9.17, 15) is 13.2 Å². The fourth-order valence-electron chi connectivity index (χ4n) is 3.63. The van der Waals surface area contributed by atoms with Gasteiger partial charge in [0.05, 0.1) is 5.56 Å². The van der Waals surface area contributed by atoms with Gasteiger partial charge in [-0.2, -0.15) is 13.2 Å². The van der Waals surface area contributed by atoms with Crippen LogP contribution in [-0.4, -0.2) is 31.1 Å². The molecule has 1 fully saturated rings. The van der Waals surface area contributed by atoms with E-state index in [2.05, 4.69) is 11.0 Å². The summed E-state index contributed by atoms with van der Waals surface area (Å²) in [7, 11) is 0. The van der Waals surface area contributed by atoms with Crippen LogP contribution < -0.4 is 9.64 Å². The standard InChI is InChI=1S/C24H23F3N2O/c25-24(26,27)20-7-5-8-21(17-20)29-14-12-28(13-15-29)18-19-6-4-11-23(16-19)30-22-9-2-1-3-10-22/h1-11,16-17H,12-15,18H2. The van der Waals surface area contributed by atoms with E-state index in [-0.39, 0.29) is 0 Å². The molecule has 0 spiro atoms. The van der Waals surface area contributed by atoms with E-state index >= 15 is 0 Å². The summed E-state index contributed by atoms with van der Waals surface area (Å²) in [6.07, 6.45) is -4.31. The predicted molar refractivity (Wildman–Crippen MR) is 112 cm³/mol. The summed E-state index contributed by atoms with van der Waals surface area (Å²) in [6, 6.07) is 23.2. The van der Waals surface area contributed by atoms with Crippen LogP contribution in [0.1, 0.15) is 11.1 Å². The summed E-state index contributed by atoms with van der Waals surface area (Å²) in [6.45, 7) is 3.76. The lowest BCUT2D eigenvalue weighted by Gasteiger charge is -2.36. The van der Waals surface area contributed by atoms with Crippen molar-refractivity contribution < 1.29 is 17.9 Å². The van der Waals surface area contributed by atoms with Gasteiger partial charge in [-0.25, -0.2) is 0 Å². The highest BCUT2D eigenvalue weighted by Crippen LogP contribution is 2.32. The van der Waals surface area contributed by atoms with Crippen LogP contribution >= 0.6 is 0 Å². The highest BCUT2D eigenvalue weighted by atomic mass is 19.4. The molecule has 0 aromatic heterocycles. The molecule has 6 heteroatoms. The third-order valence-electron chi connectivity index (χ3n) is 5.19. The summed E-state index contributed by atoms with van der Waals surface area (Å²) in [4.78, 5) is 4.33. The number of anilines is 1. The fourth-order valence-corrected chi connectivity index (χ4v) is 3.63. The number of rotatable bonds is 5. The lowest BCUT2D eigenvalue weighted by molar-refractivity contribution is -0.137. The Morgan fingerprint density at radius 2 is 1.43 bits per heavy atom. The van der Waals surface area contributed by atoms with Crippen LogP contribution in [0.25, 0.3) is 0 Å². The van der Waals surface area contributed by atoms with Gasteiger partial charge in [0.25, 0.3) is 0 Å². The molecule has 0 amide bonds. The first-order valence-corrected chi connectivity index (χ1v) is 9.94. The van der Waals surface area contributed by atoms with E-state index < -0.39 is 11.7 Å². The van der Waals surface area contributed by atoms with Crippen molar-refractivity contribution in [2.75, 3.05) is 31.1 Å². The quantitative estimate of drug-likeness (QED) is 0.525. The predicted octanol–water partition coefficient (Wildman–Crippen LogP) is 5.82. The molecule has 0 radical (unpaired) electrons. The van der Waals surface area contributed by atoms with Gasteiger partial charge >= 0.3 is 6.18 Å². The highest BCUT2D eigenvalue weighted by Gasteiger charge is 2.31. The average molecular weight is 412 g/mol. The molecule has 1 heterocycles.